The summed E-state index contributed by atoms with van der Waals surface area (Å²) in [5.74, 6) is -1.71. The van der Waals surface area contributed by atoms with Crippen molar-refractivity contribution in [3.8, 4) is 0 Å². The first-order chi connectivity index (χ1) is 9.00. The molecule has 0 aromatic carbocycles. The highest BCUT2D eigenvalue weighted by Gasteiger charge is 2.17. The average Bonchev–Trinajstić information content (AvgIpc) is 2.42. The quantitative estimate of drug-likeness (QED) is 0.656. The molecule has 7 nitrogen and oxygen atoms in total. The van der Waals surface area contributed by atoms with Gasteiger partial charge in [-0.2, -0.15) is 0 Å². The molecule has 0 aromatic heterocycles. The molecule has 0 aromatic rings. The van der Waals surface area contributed by atoms with E-state index in [2.05, 4.69) is 10.6 Å². The van der Waals surface area contributed by atoms with E-state index in [-0.39, 0.29) is 19.0 Å². The maximum atomic E-state index is 11.7. The summed E-state index contributed by atoms with van der Waals surface area (Å²) in [6.45, 7) is 2.99. The summed E-state index contributed by atoms with van der Waals surface area (Å²) < 4.78 is 0. The Hall–Kier alpha value is -1.79. The molecule has 1 heterocycles. The van der Waals surface area contributed by atoms with Gasteiger partial charge in [-0.25, -0.2) is 4.79 Å². The van der Waals surface area contributed by atoms with E-state index < -0.39 is 17.9 Å². The molecule has 3 amide bonds. The maximum absolute atomic E-state index is 11.7. The Labute approximate surface area is 112 Å². The third-order valence-electron chi connectivity index (χ3n) is 3.10. The number of hydrogen-bond acceptors (Lipinski definition) is 3. The van der Waals surface area contributed by atoms with Gasteiger partial charge in [-0.3, -0.25) is 9.59 Å². The first kappa shape index (κ1) is 15.3. The van der Waals surface area contributed by atoms with Crippen LogP contribution in [0.2, 0.25) is 0 Å². The van der Waals surface area contributed by atoms with Crippen LogP contribution in [0.15, 0.2) is 0 Å². The first-order valence-corrected chi connectivity index (χ1v) is 6.53. The Bertz CT molecular complexity index is 340. The van der Waals surface area contributed by atoms with Crippen molar-refractivity contribution in [1.29, 1.82) is 0 Å². The third kappa shape index (κ3) is 5.58. The highest BCUT2D eigenvalue weighted by atomic mass is 16.4. The van der Waals surface area contributed by atoms with Crippen LogP contribution in [0, 0.1) is 5.92 Å². The van der Waals surface area contributed by atoms with Crippen LogP contribution in [-0.2, 0) is 9.59 Å². The molecule has 1 rings (SSSR count). The SMILES string of the molecule is CC(CNC(=O)NCC(=O)N1CCCCC1)C(=O)O. The molecule has 3 N–H and O–H groups in total. The van der Waals surface area contributed by atoms with Crippen molar-refractivity contribution in [2.24, 2.45) is 5.92 Å². The number of rotatable bonds is 5. The average molecular weight is 271 g/mol. The van der Waals surface area contributed by atoms with Gasteiger partial charge in [-0.05, 0) is 19.3 Å². The molecule has 7 heteroatoms. The molecule has 1 atom stereocenters. The molecule has 1 aliphatic heterocycles. The minimum absolute atomic E-state index is 0.0407. The van der Waals surface area contributed by atoms with Crippen molar-refractivity contribution < 1.29 is 19.5 Å². The normalized spacial score (nSPS) is 16.6. The van der Waals surface area contributed by atoms with Gasteiger partial charge in [-0.1, -0.05) is 6.92 Å². The van der Waals surface area contributed by atoms with Crippen LogP contribution in [-0.4, -0.2) is 54.1 Å². The Morgan fingerprint density at radius 3 is 2.37 bits per heavy atom. The molecule has 19 heavy (non-hydrogen) atoms. The summed E-state index contributed by atoms with van der Waals surface area (Å²) in [4.78, 5) is 35.4. The zero-order chi connectivity index (χ0) is 14.3. The highest BCUT2D eigenvalue weighted by molar-refractivity contribution is 5.84. The summed E-state index contributed by atoms with van der Waals surface area (Å²) >= 11 is 0. The maximum Gasteiger partial charge on any atom is 0.315 e. The molecule has 1 aliphatic rings. The Balaban J connectivity index is 2.18. The van der Waals surface area contributed by atoms with Crippen LogP contribution in [0.5, 0.6) is 0 Å². The summed E-state index contributed by atoms with van der Waals surface area (Å²) in [6.07, 6.45) is 3.16. The molecule has 0 spiro atoms. The lowest BCUT2D eigenvalue weighted by Crippen LogP contribution is -2.46. The van der Waals surface area contributed by atoms with Gasteiger partial charge in [0.2, 0.25) is 5.91 Å². The fourth-order valence-electron chi connectivity index (χ4n) is 1.81. The topological polar surface area (TPSA) is 98.7 Å². The Morgan fingerprint density at radius 2 is 1.79 bits per heavy atom. The van der Waals surface area contributed by atoms with Crippen molar-refractivity contribution in [2.75, 3.05) is 26.2 Å². The molecule has 108 valence electrons. The number of carbonyl (C=O) groups is 3. The number of amides is 3. The van der Waals surface area contributed by atoms with Crippen molar-refractivity contribution in [2.45, 2.75) is 26.2 Å². The molecule has 1 unspecified atom stereocenters. The van der Waals surface area contributed by atoms with Crippen molar-refractivity contribution in [1.82, 2.24) is 15.5 Å². The van der Waals surface area contributed by atoms with Gasteiger partial charge in [0.05, 0.1) is 12.5 Å². The number of piperidine rings is 1. The van der Waals surface area contributed by atoms with Crippen LogP contribution in [0.4, 0.5) is 4.79 Å². The van der Waals surface area contributed by atoms with Crippen molar-refractivity contribution >= 4 is 17.9 Å². The first-order valence-electron chi connectivity index (χ1n) is 6.53. The number of carboxylic acid groups (broad SMARTS) is 1. The van der Waals surface area contributed by atoms with E-state index in [9.17, 15) is 14.4 Å². The van der Waals surface area contributed by atoms with E-state index in [1.54, 1.807) is 4.90 Å². The van der Waals surface area contributed by atoms with Crippen molar-refractivity contribution in [3.05, 3.63) is 0 Å². The number of nitrogens with zero attached hydrogens (tertiary/aromatic N) is 1. The lowest BCUT2D eigenvalue weighted by Gasteiger charge is -2.26. The van der Waals surface area contributed by atoms with E-state index in [0.29, 0.717) is 0 Å². The minimum Gasteiger partial charge on any atom is -0.481 e. The van der Waals surface area contributed by atoms with Gasteiger partial charge in [0.1, 0.15) is 0 Å². The second-order valence-electron chi connectivity index (χ2n) is 4.74. The van der Waals surface area contributed by atoms with E-state index in [4.69, 9.17) is 5.11 Å². The Morgan fingerprint density at radius 1 is 1.16 bits per heavy atom. The zero-order valence-corrected chi connectivity index (χ0v) is 11.1. The van der Waals surface area contributed by atoms with Crippen LogP contribution in [0.3, 0.4) is 0 Å². The van der Waals surface area contributed by atoms with Crippen LogP contribution >= 0.6 is 0 Å². The van der Waals surface area contributed by atoms with E-state index in [1.807, 2.05) is 0 Å². The minimum atomic E-state index is -0.968. The monoisotopic (exact) mass is 271 g/mol. The van der Waals surface area contributed by atoms with Crippen LogP contribution in [0.25, 0.3) is 0 Å². The number of aliphatic carboxylic acids is 1. The van der Waals surface area contributed by atoms with Crippen LogP contribution < -0.4 is 10.6 Å². The molecule has 0 radical (unpaired) electrons. The van der Waals surface area contributed by atoms with Gasteiger partial charge in [-0.15, -0.1) is 0 Å². The lowest BCUT2D eigenvalue weighted by atomic mass is 10.1. The van der Waals surface area contributed by atoms with Gasteiger partial charge in [0, 0.05) is 19.6 Å². The predicted molar refractivity (Wildman–Crippen MR) is 68.6 cm³/mol. The number of hydrogen-bond donors (Lipinski definition) is 3. The predicted octanol–water partition coefficient (Wildman–Crippen LogP) is 0.0188. The van der Waals surface area contributed by atoms with Crippen LogP contribution in [0.1, 0.15) is 26.2 Å². The molecule has 0 bridgehead atoms. The number of likely N-dealkylation sites (tertiary alicyclic amines) is 1. The number of carbonyl (C=O) groups excluding carboxylic acids is 2. The summed E-state index contributed by atoms with van der Waals surface area (Å²) in [7, 11) is 0. The fourth-order valence-corrected chi connectivity index (χ4v) is 1.81. The highest BCUT2D eigenvalue weighted by Crippen LogP contribution is 2.08. The number of carboxylic acids is 1. The summed E-state index contributed by atoms with van der Waals surface area (Å²) in [5, 5.41) is 13.5. The molecule has 0 saturated carbocycles. The second kappa shape index (κ2) is 7.60. The molecule has 1 saturated heterocycles. The number of nitrogens with one attached hydrogen (secondary N) is 2. The Kier molecular flexibility index (Phi) is 6.11. The fraction of sp³-hybridized carbons (Fsp3) is 0.750. The van der Waals surface area contributed by atoms with E-state index in [1.165, 1.54) is 6.92 Å². The molecular weight excluding hydrogens is 250 g/mol. The standard InChI is InChI=1S/C12H21N3O4/c1-9(11(17)18)7-13-12(19)14-8-10(16)15-5-3-2-4-6-15/h9H,2-8H2,1H3,(H,17,18)(H2,13,14,19). The van der Waals surface area contributed by atoms with E-state index >= 15 is 0 Å². The number of urea groups is 1. The third-order valence-corrected chi connectivity index (χ3v) is 3.10. The molecule has 1 fully saturated rings. The lowest BCUT2D eigenvalue weighted by molar-refractivity contribution is -0.140. The second-order valence-corrected chi connectivity index (χ2v) is 4.74. The van der Waals surface area contributed by atoms with Gasteiger partial charge in [0.25, 0.3) is 0 Å². The van der Waals surface area contributed by atoms with Gasteiger partial charge in [0.15, 0.2) is 0 Å². The van der Waals surface area contributed by atoms with Crippen molar-refractivity contribution in [3.63, 3.8) is 0 Å². The molecule has 0 aliphatic carbocycles. The molecular formula is C12H21N3O4. The zero-order valence-electron chi connectivity index (χ0n) is 11.1. The summed E-state index contributed by atoms with van der Waals surface area (Å²) in [5.41, 5.74) is 0. The van der Waals surface area contributed by atoms with Gasteiger partial charge >= 0.3 is 12.0 Å². The van der Waals surface area contributed by atoms with E-state index in [0.717, 1.165) is 32.4 Å². The summed E-state index contributed by atoms with van der Waals surface area (Å²) in [6, 6.07) is -0.515. The van der Waals surface area contributed by atoms with Gasteiger partial charge < -0.3 is 20.6 Å². The smallest absolute Gasteiger partial charge is 0.315 e. The largest absolute Gasteiger partial charge is 0.481 e.